The minimum absolute atomic E-state index is 0.0560. The van der Waals surface area contributed by atoms with Gasteiger partial charge in [0.1, 0.15) is 0 Å². The third-order valence-corrected chi connectivity index (χ3v) is 6.39. The molecule has 0 spiro atoms. The number of likely N-dealkylation sites (tertiary alicyclic amines) is 1. The number of nitrogens with zero attached hydrogens (tertiary/aromatic N) is 2. The van der Waals surface area contributed by atoms with E-state index in [4.69, 9.17) is 4.74 Å². The number of ether oxygens (including phenoxy) is 1. The molecule has 1 aromatic heterocycles. The minimum atomic E-state index is -0.0560. The molecule has 2 atom stereocenters. The van der Waals surface area contributed by atoms with Crippen LogP contribution in [-0.2, 0) is 9.53 Å². The highest BCUT2D eigenvalue weighted by molar-refractivity contribution is 5.93. The van der Waals surface area contributed by atoms with E-state index < -0.39 is 0 Å². The topological polar surface area (TPSA) is 83.6 Å². The van der Waals surface area contributed by atoms with E-state index in [1.54, 1.807) is 24.5 Å². The van der Waals surface area contributed by atoms with Crippen LogP contribution in [0.5, 0.6) is 0 Å². The molecule has 1 aromatic rings. The molecule has 2 saturated heterocycles. The maximum atomic E-state index is 12.6. The first kappa shape index (κ1) is 20.3. The van der Waals surface area contributed by atoms with Crippen molar-refractivity contribution in [2.24, 2.45) is 5.92 Å². The smallest absolute Gasteiger partial charge is 0.251 e. The molecule has 2 N–H and O–H groups in total. The van der Waals surface area contributed by atoms with Crippen LogP contribution in [-0.4, -0.2) is 66.1 Å². The SMILES string of the molecule is O=C(C[C@H]1CC[C@@H](CNC(=O)c2ccncc2)N1CC1CC1)NC1CCOCC1. The van der Waals surface area contributed by atoms with Gasteiger partial charge in [0.05, 0.1) is 0 Å². The lowest BCUT2D eigenvalue weighted by molar-refractivity contribution is -0.123. The standard InChI is InChI=1S/C22H32N4O3/c27-21(25-18-7-11-29-12-8-18)13-19-3-4-20(26(19)15-16-1-2-16)14-24-22(28)17-5-9-23-10-6-17/h5-6,9-10,16,18-20H,1-4,7-8,11-15H2,(H,24,28)(H,25,27)/t19-,20+/m1/s1. The monoisotopic (exact) mass is 400 g/mol. The summed E-state index contributed by atoms with van der Waals surface area (Å²) in [5.74, 6) is 0.858. The summed E-state index contributed by atoms with van der Waals surface area (Å²) in [5, 5.41) is 6.28. The lowest BCUT2D eigenvalue weighted by Gasteiger charge is -2.31. The van der Waals surface area contributed by atoms with Crippen molar-refractivity contribution < 1.29 is 14.3 Å². The maximum absolute atomic E-state index is 12.6. The zero-order valence-electron chi connectivity index (χ0n) is 17.0. The summed E-state index contributed by atoms with van der Waals surface area (Å²) >= 11 is 0. The molecule has 0 radical (unpaired) electrons. The van der Waals surface area contributed by atoms with Crippen molar-refractivity contribution in [1.29, 1.82) is 0 Å². The first-order valence-electron chi connectivity index (χ1n) is 11.0. The fourth-order valence-electron chi connectivity index (χ4n) is 4.51. The van der Waals surface area contributed by atoms with Crippen LogP contribution in [0.15, 0.2) is 24.5 Å². The van der Waals surface area contributed by atoms with E-state index in [0.29, 0.717) is 24.6 Å². The number of carbonyl (C=O) groups is 2. The molecule has 29 heavy (non-hydrogen) atoms. The summed E-state index contributed by atoms with van der Waals surface area (Å²) in [5.41, 5.74) is 0.638. The Labute approximate surface area is 172 Å². The van der Waals surface area contributed by atoms with Crippen LogP contribution in [0.1, 0.15) is 55.3 Å². The van der Waals surface area contributed by atoms with Gasteiger partial charge in [-0.3, -0.25) is 19.5 Å². The van der Waals surface area contributed by atoms with E-state index in [-0.39, 0.29) is 23.9 Å². The van der Waals surface area contributed by atoms with Crippen LogP contribution in [0, 0.1) is 5.92 Å². The van der Waals surface area contributed by atoms with Crippen molar-refractivity contribution in [3.63, 3.8) is 0 Å². The highest BCUT2D eigenvalue weighted by Crippen LogP contribution is 2.35. The summed E-state index contributed by atoms with van der Waals surface area (Å²) in [6, 6.07) is 4.30. The van der Waals surface area contributed by atoms with E-state index >= 15 is 0 Å². The average molecular weight is 401 g/mol. The first-order chi connectivity index (χ1) is 14.2. The number of hydrogen-bond acceptors (Lipinski definition) is 5. The molecule has 0 unspecified atom stereocenters. The van der Waals surface area contributed by atoms with Gasteiger partial charge in [-0.1, -0.05) is 0 Å². The molecule has 0 bridgehead atoms. The number of amides is 2. The highest BCUT2D eigenvalue weighted by atomic mass is 16.5. The minimum Gasteiger partial charge on any atom is -0.381 e. The van der Waals surface area contributed by atoms with Gasteiger partial charge < -0.3 is 15.4 Å². The van der Waals surface area contributed by atoms with Crippen LogP contribution in [0.4, 0.5) is 0 Å². The molecule has 1 saturated carbocycles. The molecule has 3 fully saturated rings. The lowest BCUT2D eigenvalue weighted by Crippen LogP contribution is -2.46. The van der Waals surface area contributed by atoms with E-state index in [1.807, 2.05) is 0 Å². The van der Waals surface area contributed by atoms with Crippen LogP contribution < -0.4 is 10.6 Å². The van der Waals surface area contributed by atoms with Gasteiger partial charge >= 0.3 is 0 Å². The van der Waals surface area contributed by atoms with E-state index in [2.05, 4.69) is 20.5 Å². The quantitative estimate of drug-likeness (QED) is 0.695. The van der Waals surface area contributed by atoms with Crippen LogP contribution >= 0.6 is 0 Å². The van der Waals surface area contributed by atoms with E-state index in [9.17, 15) is 9.59 Å². The molecule has 7 nitrogen and oxygen atoms in total. The van der Waals surface area contributed by atoms with Gasteiger partial charge in [0.2, 0.25) is 5.91 Å². The Balaban J connectivity index is 1.30. The Morgan fingerprint density at radius 3 is 2.48 bits per heavy atom. The predicted octanol–water partition coefficient (Wildman–Crippen LogP) is 1.74. The zero-order chi connectivity index (χ0) is 20.1. The Morgan fingerprint density at radius 2 is 1.76 bits per heavy atom. The normalized spacial score (nSPS) is 25.7. The molecular formula is C22H32N4O3. The van der Waals surface area contributed by atoms with Gasteiger partial charge in [0.15, 0.2) is 0 Å². The summed E-state index contributed by atoms with van der Waals surface area (Å²) in [6.45, 7) is 3.15. The van der Waals surface area contributed by atoms with E-state index in [0.717, 1.165) is 51.4 Å². The van der Waals surface area contributed by atoms with Gasteiger partial charge in [0.25, 0.3) is 5.91 Å². The Bertz CT molecular complexity index is 689. The molecule has 2 aliphatic heterocycles. The second kappa shape index (κ2) is 9.67. The number of hydrogen-bond donors (Lipinski definition) is 2. The van der Waals surface area contributed by atoms with Gasteiger partial charge in [-0.05, 0) is 56.6 Å². The number of carbonyl (C=O) groups excluding carboxylic acids is 2. The van der Waals surface area contributed by atoms with Crippen LogP contribution in [0.3, 0.4) is 0 Å². The summed E-state index contributed by atoms with van der Waals surface area (Å²) in [6.07, 6.45) is 10.3. The lowest BCUT2D eigenvalue weighted by atomic mass is 10.1. The third-order valence-electron chi connectivity index (χ3n) is 6.39. The van der Waals surface area contributed by atoms with Gasteiger partial charge in [-0.15, -0.1) is 0 Å². The van der Waals surface area contributed by atoms with E-state index in [1.165, 1.54) is 12.8 Å². The average Bonchev–Trinajstić information content (AvgIpc) is 3.49. The van der Waals surface area contributed by atoms with Crippen molar-refractivity contribution in [3.8, 4) is 0 Å². The zero-order valence-corrected chi connectivity index (χ0v) is 17.0. The van der Waals surface area contributed by atoms with Crippen molar-refractivity contribution in [3.05, 3.63) is 30.1 Å². The molecule has 4 rings (SSSR count). The number of rotatable bonds is 8. The van der Waals surface area contributed by atoms with Crippen molar-refractivity contribution >= 4 is 11.8 Å². The third kappa shape index (κ3) is 5.76. The molecule has 0 aromatic carbocycles. The van der Waals surface area contributed by atoms with Gasteiger partial charge in [0, 0.05) is 68.8 Å². The molecule has 2 amide bonds. The molecule has 3 heterocycles. The maximum Gasteiger partial charge on any atom is 0.251 e. The second-order valence-electron chi connectivity index (χ2n) is 8.63. The first-order valence-corrected chi connectivity index (χ1v) is 11.0. The summed E-state index contributed by atoms with van der Waals surface area (Å²) in [4.78, 5) is 31.5. The predicted molar refractivity (Wildman–Crippen MR) is 109 cm³/mol. The number of nitrogens with one attached hydrogen (secondary N) is 2. The van der Waals surface area contributed by atoms with Gasteiger partial charge in [-0.2, -0.15) is 0 Å². The van der Waals surface area contributed by atoms with Crippen molar-refractivity contribution in [1.82, 2.24) is 20.5 Å². The fraction of sp³-hybridized carbons (Fsp3) is 0.682. The molecule has 3 aliphatic rings. The van der Waals surface area contributed by atoms with Crippen molar-refractivity contribution in [2.45, 2.75) is 63.1 Å². The Hall–Kier alpha value is -1.99. The number of pyridine rings is 1. The van der Waals surface area contributed by atoms with Crippen LogP contribution in [0.2, 0.25) is 0 Å². The molecule has 1 aliphatic carbocycles. The fourth-order valence-corrected chi connectivity index (χ4v) is 4.51. The van der Waals surface area contributed by atoms with Crippen LogP contribution in [0.25, 0.3) is 0 Å². The largest absolute Gasteiger partial charge is 0.381 e. The highest BCUT2D eigenvalue weighted by Gasteiger charge is 2.38. The Kier molecular flexibility index (Phi) is 6.77. The van der Waals surface area contributed by atoms with Gasteiger partial charge in [-0.25, -0.2) is 0 Å². The Morgan fingerprint density at radius 1 is 1.03 bits per heavy atom. The second-order valence-corrected chi connectivity index (χ2v) is 8.63. The molecular weight excluding hydrogens is 368 g/mol. The molecule has 7 heteroatoms. The number of aromatic nitrogens is 1. The summed E-state index contributed by atoms with van der Waals surface area (Å²) in [7, 11) is 0. The summed E-state index contributed by atoms with van der Waals surface area (Å²) < 4.78 is 5.38. The van der Waals surface area contributed by atoms with Crippen molar-refractivity contribution in [2.75, 3.05) is 26.3 Å². The molecule has 158 valence electrons.